The highest BCUT2D eigenvalue weighted by molar-refractivity contribution is 7.83. The Morgan fingerprint density at radius 2 is 1.88 bits per heavy atom. The highest BCUT2D eigenvalue weighted by atomic mass is 32.2. The van der Waals surface area contributed by atoms with Gasteiger partial charge in [0.15, 0.2) is 0 Å². The van der Waals surface area contributed by atoms with E-state index < -0.39 is 11.3 Å². The number of carbonyl (C=O) groups excluding carboxylic acids is 1. The van der Waals surface area contributed by atoms with Crippen molar-refractivity contribution in [3.8, 4) is 0 Å². The first-order chi connectivity index (χ1) is 8.19. The third-order valence-corrected chi connectivity index (χ3v) is 3.83. The third kappa shape index (κ3) is 2.12. The molecule has 1 aromatic rings. The molecule has 0 radical (unpaired) electrons. The Balaban J connectivity index is 2.56. The van der Waals surface area contributed by atoms with Gasteiger partial charge in [-0.1, -0.05) is 32.0 Å². The molecule has 0 aliphatic carbocycles. The predicted molar refractivity (Wildman–Crippen MR) is 66.8 cm³/mol. The van der Waals surface area contributed by atoms with E-state index in [2.05, 4.69) is 0 Å². The number of carbonyl (C=O) groups is 1. The van der Waals surface area contributed by atoms with Crippen LogP contribution in [0.1, 0.15) is 25.0 Å². The van der Waals surface area contributed by atoms with Crippen molar-refractivity contribution < 1.29 is 13.2 Å². The van der Waals surface area contributed by atoms with Crippen molar-refractivity contribution in [1.82, 2.24) is 0 Å². The number of anilines is 1. The lowest BCUT2D eigenvalue weighted by Crippen LogP contribution is -2.27. The minimum atomic E-state index is -1.68. The van der Waals surface area contributed by atoms with Crippen LogP contribution in [-0.4, -0.2) is 16.7 Å². The predicted octanol–water partition coefficient (Wildman–Crippen LogP) is 1.75. The van der Waals surface area contributed by atoms with Crippen LogP contribution in [0.3, 0.4) is 0 Å². The molecule has 0 N–H and O–H groups in total. The van der Waals surface area contributed by atoms with Crippen LogP contribution in [0, 0.1) is 0 Å². The van der Waals surface area contributed by atoms with E-state index in [0.717, 1.165) is 29.7 Å². The van der Waals surface area contributed by atoms with Crippen molar-refractivity contribution in [1.29, 1.82) is 0 Å². The first-order valence-electron chi connectivity index (χ1n) is 5.67. The fourth-order valence-electron chi connectivity index (χ4n) is 1.97. The van der Waals surface area contributed by atoms with E-state index in [1.807, 2.05) is 32.0 Å². The molecular formula is C12H15NO3S. The fourth-order valence-corrected chi connectivity index (χ4v) is 2.88. The molecule has 1 atom stereocenters. The standard InChI is InChI=1S/C12H15NO3S/c1-3-9-6-5-7-10(4-2)12(9)13-11(14)8-16-17(13)15/h5-7H,3-4,8H2,1-2H3. The molecular weight excluding hydrogens is 238 g/mol. The Morgan fingerprint density at radius 1 is 1.29 bits per heavy atom. The maximum Gasteiger partial charge on any atom is 0.272 e. The van der Waals surface area contributed by atoms with Gasteiger partial charge in [0.1, 0.15) is 6.61 Å². The lowest BCUT2D eigenvalue weighted by atomic mass is 10.0. The van der Waals surface area contributed by atoms with Crippen molar-refractivity contribution >= 4 is 22.9 Å². The van der Waals surface area contributed by atoms with E-state index in [1.165, 1.54) is 4.31 Å². The van der Waals surface area contributed by atoms with E-state index in [-0.39, 0.29) is 12.5 Å². The number of hydrogen-bond donors (Lipinski definition) is 0. The van der Waals surface area contributed by atoms with Gasteiger partial charge in [-0.2, -0.15) is 0 Å². The van der Waals surface area contributed by atoms with Crippen LogP contribution in [0.4, 0.5) is 5.69 Å². The number of nitrogens with zero attached hydrogens (tertiary/aromatic N) is 1. The van der Waals surface area contributed by atoms with Crippen molar-refractivity contribution in [2.24, 2.45) is 0 Å². The summed E-state index contributed by atoms with van der Waals surface area (Å²) in [5, 5.41) is 0. The number of benzene rings is 1. The molecule has 1 unspecified atom stereocenters. The number of rotatable bonds is 3. The van der Waals surface area contributed by atoms with Gasteiger partial charge < -0.3 is 0 Å². The van der Waals surface area contributed by atoms with Crippen molar-refractivity contribution in [3.05, 3.63) is 29.3 Å². The Hall–Kier alpha value is -1.20. The molecule has 1 fully saturated rings. The smallest absolute Gasteiger partial charge is 0.271 e. The monoisotopic (exact) mass is 253 g/mol. The first kappa shape index (κ1) is 12.3. The van der Waals surface area contributed by atoms with Crippen molar-refractivity contribution in [2.75, 3.05) is 10.9 Å². The molecule has 0 spiro atoms. The number of aryl methyl sites for hydroxylation is 2. The SMILES string of the molecule is CCc1cccc(CC)c1N1C(=O)COS1=O. The molecule has 0 saturated carbocycles. The highest BCUT2D eigenvalue weighted by Gasteiger charge is 2.33. The summed E-state index contributed by atoms with van der Waals surface area (Å²) in [6.07, 6.45) is 1.59. The average molecular weight is 253 g/mol. The summed E-state index contributed by atoms with van der Waals surface area (Å²) in [7, 11) is 0. The third-order valence-electron chi connectivity index (χ3n) is 2.83. The van der Waals surface area contributed by atoms with E-state index in [0.29, 0.717) is 0 Å². The van der Waals surface area contributed by atoms with Crippen molar-refractivity contribution in [3.63, 3.8) is 0 Å². The molecule has 0 bridgehead atoms. The molecule has 4 nitrogen and oxygen atoms in total. The molecule has 2 rings (SSSR count). The average Bonchev–Trinajstić information content (AvgIpc) is 2.68. The summed E-state index contributed by atoms with van der Waals surface area (Å²) >= 11 is -1.68. The fraction of sp³-hybridized carbons (Fsp3) is 0.417. The van der Waals surface area contributed by atoms with Crippen LogP contribution in [-0.2, 0) is 33.1 Å². The Labute approximate surface area is 103 Å². The molecule has 17 heavy (non-hydrogen) atoms. The van der Waals surface area contributed by atoms with Crippen LogP contribution >= 0.6 is 0 Å². The largest absolute Gasteiger partial charge is 0.272 e. The van der Waals surface area contributed by atoms with Crippen LogP contribution in [0.2, 0.25) is 0 Å². The van der Waals surface area contributed by atoms with E-state index in [1.54, 1.807) is 0 Å². The van der Waals surface area contributed by atoms with Crippen LogP contribution < -0.4 is 4.31 Å². The Morgan fingerprint density at radius 3 is 2.29 bits per heavy atom. The maximum absolute atomic E-state index is 11.7. The van der Waals surface area contributed by atoms with E-state index >= 15 is 0 Å². The molecule has 5 heteroatoms. The zero-order valence-electron chi connectivity index (χ0n) is 9.93. The van der Waals surface area contributed by atoms with Crippen LogP contribution in [0.25, 0.3) is 0 Å². The molecule has 92 valence electrons. The zero-order valence-corrected chi connectivity index (χ0v) is 10.8. The lowest BCUT2D eigenvalue weighted by Gasteiger charge is -2.19. The van der Waals surface area contributed by atoms with Gasteiger partial charge in [0.2, 0.25) is 0 Å². The molecule has 1 amide bonds. The second-order valence-electron chi connectivity index (χ2n) is 3.80. The second kappa shape index (κ2) is 4.98. The van der Waals surface area contributed by atoms with E-state index in [9.17, 15) is 9.00 Å². The van der Waals surface area contributed by atoms with Crippen molar-refractivity contribution in [2.45, 2.75) is 26.7 Å². The van der Waals surface area contributed by atoms with Gasteiger partial charge in [-0.15, -0.1) is 0 Å². The first-order valence-corrected chi connectivity index (χ1v) is 6.71. The zero-order chi connectivity index (χ0) is 12.4. The van der Waals surface area contributed by atoms with Gasteiger partial charge in [0, 0.05) is 0 Å². The minimum Gasteiger partial charge on any atom is -0.271 e. The molecule has 1 aromatic carbocycles. The van der Waals surface area contributed by atoms with Gasteiger partial charge in [-0.25, -0.2) is 8.51 Å². The van der Waals surface area contributed by atoms with Gasteiger partial charge in [-0.05, 0) is 24.0 Å². The summed E-state index contributed by atoms with van der Waals surface area (Å²) < 4.78 is 17.9. The summed E-state index contributed by atoms with van der Waals surface area (Å²) in [4.78, 5) is 11.7. The number of para-hydroxylation sites is 1. The summed E-state index contributed by atoms with van der Waals surface area (Å²) in [5.74, 6) is -0.237. The number of amides is 1. The van der Waals surface area contributed by atoms with Crippen LogP contribution in [0.15, 0.2) is 18.2 Å². The Kier molecular flexibility index (Phi) is 3.59. The second-order valence-corrected chi connectivity index (χ2v) is 4.83. The molecule has 1 aliphatic heterocycles. The highest BCUT2D eigenvalue weighted by Crippen LogP contribution is 2.30. The quantitative estimate of drug-likeness (QED) is 0.824. The maximum atomic E-state index is 11.7. The molecule has 1 aliphatic rings. The summed E-state index contributed by atoms with van der Waals surface area (Å²) in [6.45, 7) is 3.93. The molecule has 0 aromatic heterocycles. The van der Waals surface area contributed by atoms with Gasteiger partial charge in [0.05, 0.1) is 5.69 Å². The molecule has 1 heterocycles. The Bertz CT molecular complexity index is 435. The minimum absolute atomic E-state index is 0.103. The van der Waals surface area contributed by atoms with Crippen LogP contribution in [0.5, 0.6) is 0 Å². The topological polar surface area (TPSA) is 46.6 Å². The van der Waals surface area contributed by atoms with Gasteiger partial charge in [-0.3, -0.25) is 8.98 Å². The summed E-state index contributed by atoms with van der Waals surface area (Å²) in [6, 6.07) is 5.88. The number of hydrogen-bond acceptors (Lipinski definition) is 3. The molecule has 1 saturated heterocycles. The van der Waals surface area contributed by atoms with Gasteiger partial charge in [0.25, 0.3) is 17.2 Å². The van der Waals surface area contributed by atoms with E-state index in [4.69, 9.17) is 4.18 Å². The summed E-state index contributed by atoms with van der Waals surface area (Å²) in [5.41, 5.74) is 2.81. The normalized spacial score (nSPS) is 20.0. The van der Waals surface area contributed by atoms with Gasteiger partial charge >= 0.3 is 0 Å². The lowest BCUT2D eigenvalue weighted by molar-refractivity contribution is -0.117.